The van der Waals surface area contributed by atoms with Crippen molar-refractivity contribution in [3.8, 4) is 0 Å². The number of carboxylic acid groups (broad SMARTS) is 1. The number of aliphatic carboxylic acids is 1. The number of hydrogen-bond donors (Lipinski definition) is 1. The number of carbonyl (C=O) groups is 1. The van der Waals surface area contributed by atoms with Gasteiger partial charge in [0.2, 0.25) is 0 Å². The number of aryl methyl sites for hydroxylation is 2. The Morgan fingerprint density at radius 1 is 1.24 bits per heavy atom. The van der Waals surface area contributed by atoms with E-state index in [9.17, 15) is 9.90 Å². The molecule has 8 heteroatoms. The summed E-state index contributed by atoms with van der Waals surface area (Å²) in [6.45, 7) is 8.89. The van der Waals surface area contributed by atoms with Crippen LogP contribution in [0.15, 0.2) is 47.8 Å². The number of imidazole rings is 1. The minimum atomic E-state index is -0.787. The molecule has 1 aliphatic carbocycles. The lowest BCUT2D eigenvalue weighted by Crippen LogP contribution is -2.27. The summed E-state index contributed by atoms with van der Waals surface area (Å²) in [7, 11) is 1.88. The lowest BCUT2D eigenvalue weighted by molar-refractivity contribution is -0.137. The zero-order valence-electron chi connectivity index (χ0n) is 22.2. The van der Waals surface area contributed by atoms with Crippen LogP contribution in [0.25, 0.3) is 11.0 Å². The second-order valence-electron chi connectivity index (χ2n) is 10.7. The fourth-order valence-corrected chi connectivity index (χ4v) is 6.23. The minimum Gasteiger partial charge on any atom is -0.481 e. The molecule has 0 spiro atoms. The number of hydrogen-bond acceptors (Lipinski definition) is 5. The van der Waals surface area contributed by atoms with Crippen molar-refractivity contribution in [1.29, 1.82) is 0 Å². The lowest BCUT2D eigenvalue weighted by atomic mass is 9.70. The van der Waals surface area contributed by atoms with E-state index in [2.05, 4.69) is 53.1 Å². The second-order valence-corrected chi connectivity index (χ2v) is 10.7. The van der Waals surface area contributed by atoms with E-state index in [1.54, 1.807) is 4.68 Å². The molecule has 0 bridgehead atoms. The van der Waals surface area contributed by atoms with Crippen LogP contribution in [-0.4, -0.2) is 48.8 Å². The number of benzene rings is 1. The first-order valence-electron chi connectivity index (χ1n) is 13.3. The monoisotopic (exact) mass is 503 g/mol. The number of allylic oxidation sites excluding steroid dienone is 4. The van der Waals surface area contributed by atoms with Crippen LogP contribution in [0.4, 0.5) is 0 Å². The van der Waals surface area contributed by atoms with Crippen LogP contribution in [0.3, 0.4) is 0 Å². The average molecular weight is 504 g/mol. The van der Waals surface area contributed by atoms with Crippen molar-refractivity contribution in [3.63, 3.8) is 0 Å². The van der Waals surface area contributed by atoms with Crippen LogP contribution in [0.5, 0.6) is 0 Å². The third-order valence-corrected chi connectivity index (χ3v) is 8.49. The standard InChI is InChI=1S/C29H37N5O3/c1-18-5-6-22(24(16-28(35)36)23-7-8-26-29(20(23)3)31-32-33(26)4)19(2)25(18)17-34-12-11-30-27(34)15-21-9-13-37-14-10-21/h5-8,11-12,19,21-22,24H,9-10,13-17H2,1-4H3,(H,35,36). The Morgan fingerprint density at radius 3 is 2.78 bits per heavy atom. The summed E-state index contributed by atoms with van der Waals surface area (Å²) >= 11 is 0. The van der Waals surface area contributed by atoms with Crippen molar-refractivity contribution in [1.82, 2.24) is 24.5 Å². The molecule has 3 heterocycles. The number of ether oxygens (including phenoxy) is 1. The Kier molecular flexibility index (Phi) is 7.29. The van der Waals surface area contributed by atoms with E-state index in [1.165, 1.54) is 11.1 Å². The van der Waals surface area contributed by atoms with Crippen molar-refractivity contribution in [2.45, 2.75) is 58.9 Å². The van der Waals surface area contributed by atoms with Gasteiger partial charge in [0.25, 0.3) is 0 Å². The smallest absolute Gasteiger partial charge is 0.303 e. The summed E-state index contributed by atoms with van der Waals surface area (Å²) < 4.78 is 9.58. The Morgan fingerprint density at radius 2 is 2.03 bits per heavy atom. The molecule has 37 heavy (non-hydrogen) atoms. The maximum absolute atomic E-state index is 12.1. The zero-order valence-corrected chi connectivity index (χ0v) is 22.2. The van der Waals surface area contributed by atoms with E-state index in [-0.39, 0.29) is 24.2 Å². The molecule has 0 amide bonds. The van der Waals surface area contributed by atoms with Crippen LogP contribution in [0.1, 0.15) is 56.0 Å². The lowest BCUT2D eigenvalue weighted by Gasteiger charge is -2.35. The van der Waals surface area contributed by atoms with Gasteiger partial charge in [0.05, 0.1) is 11.9 Å². The van der Waals surface area contributed by atoms with Gasteiger partial charge in [-0.15, -0.1) is 5.10 Å². The van der Waals surface area contributed by atoms with Crippen LogP contribution < -0.4 is 0 Å². The Labute approximate surface area is 218 Å². The van der Waals surface area contributed by atoms with Crippen molar-refractivity contribution in [2.24, 2.45) is 24.8 Å². The Bertz CT molecular complexity index is 1340. The van der Waals surface area contributed by atoms with Crippen LogP contribution in [0, 0.1) is 24.7 Å². The molecular formula is C29H37N5O3. The molecule has 1 N–H and O–H groups in total. The first kappa shape index (κ1) is 25.4. The quantitative estimate of drug-likeness (QED) is 0.473. The first-order chi connectivity index (χ1) is 17.8. The molecule has 8 nitrogen and oxygen atoms in total. The summed E-state index contributed by atoms with van der Waals surface area (Å²) in [5.41, 5.74) is 6.44. The summed E-state index contributed by atoms with van der Waals surface area (Å²) in [4.78, 5) is 16.8. The predicted octanol–water partition coefficient (Wildman–Crippen LogP) is 4.84. The van der Waals surface area contributed by atoms with E-state index < -0.39 is 5.97 Å². The molecule has 3 atom stereocenters. The van der Waals surface area contributed by atoms with E-state index >= 15 is 0 Å². The fourth-order valence-electron chi connectivity index (χ4n) is 6.23. The summed E-state index contributed by atoms with van der Waals surface area (Å²) in [6, 6.07) is 4.09. The topological polar surface area (TPSA) is 95.1 Å². The maximum atomic E-state index is 12.1. The minimum absolute atomic E-state index is 0.0603. The van der Waals surface area contributed by atoms with Gasteiger partial charge in [-0.3, -0.25) is 4.79 Å². The van der Waals surface area contributed by atoms with Gasteiger partial charge >= 0.3 is 5.97 Å². The first-order valence-corrected chi connectivity index (χ1v) is 13.3. The van der Waals surface area contributed by atoms with E-state index in [4.69, 9.17) is 9.72 Å². The van der Waals surface area contributed by atoms with Gasteiger partial charge in [0.15, 0.2) is 0 Å². The zero-order chi connectivity index (χ0) is 26.1. The normalized spacial score (nSPS) is 21.6. The molecule has 0 radical (unpaired) electrons. The molecule has 3 aromatic rings. The molecule has 1 saturated heterocycles. The highest BCUT2D eigenvalue weighted by molar-refractivity contribution is 5.80. The third-order valence-electron chi connectivity index (χ3n) is 8.49. The average Bonchev–Trinajstić information content (AvgIpc) is 3.48. The molecule has 196 valence electrons. The summed E-state index contributed by atoms with van der Waals surface area (Å²) in [5, 5.41) is 18.4. The SMILES string of the molecule is CC1=C(Cn2ccnc2CC2CCOCC2)C(C)C(C(CC(=O)O)c2ccc3c(nnn3C)c2C)C=C1. The molecule has 1 fully saturated rings. The van der Waals surface area contributed by atoms with Crippen LogP contribution >= 0.6 is 0 Å². The van der Waals surface area contributed by atoms with Crippen molar-refractivity contribution in [2.75, 3.05) is 13.2 Å². The molecule has 0 saturated carbocycles. The van der Waals surface area contributed by atoms with Crippen molar-refractivity contribution >= 4 is 17.0 Å². The van der Waals surface area contributed by atoms with E-state index in [1.807, 2.05) is 26.2 Å². The van der Waals surface area contributed by atoms with Crippen LogP contribution in [0.2, 0.25) is 0 Å². The highest BCUT2D eigenvalue weighted by Gasteiger charge is 2.34. The van der Waals surface area contributed by atoms with Gasteiger partial charge in [-0.05, 0) is 67.2 Å². The second kappa shape index (κ2) is 10.6. The highest BCUT2D eigenvalue weighted by atomic mass is 16.5. The van der Waals surface area contributed by atoms with Gasteiger partial charge in [0, 0.05) is 51.5 Å². The van der Waals surface area contributed by atoms with Gasteiger partial charge < -0.3 is 14.4 Å². The molecule has 5 rings (SSSR count). The van der Waals surface area contributed by atoms with E-state index in [0.29, 0.717) is 5.92 Å². The van der Waals surface area contributed by atoms with Crippen molar-refractivity contribution < 1.29 is 14.6 Å². The molecule has 3 unspecified atom stereocenters. The number of rotatable bonds is 8. The number of aromatic nitrogens is 5. The third kappa shape index (κ3) is 5.12. The van der Waals surface area contributed by atoms with E-state index in [0.717, 1.165) is 67.0 Å². The Hall–Kier alpha value is -3.26. The van der Waals surface area contributed by atoms with Crippen molar-refractivity contribution in [3.05, 3.63) is 64.8 Å². The fraction of sp³-hybridized carbons (Fsp3) is 0.517. The summed E-state index contributed by atoms with van der Waals surface area (Å²) in [6.07, 6.45) is 11.6. The molecule has 2 aliphatic rings. The molecule has 1 aliphatic heterocycles. The number of carboxylic acids is 1. The molecule has 2 aromatic heterocycles. The molecule has 1 aromatic carbocycles. The van der Waals surface area contributed by atoms with Gasteiger partial charge in [-0.25, -0.2) is 9.67 Å². The predicted molar refractivity (Wildman–Crippen MR) is 142 cm³/mol. The van der Waals surface area contributed by atoms with Crippen LogP contribution in [-0.2, 0) is 29.5 Å². The number of nitrogens with zero attached hydrogens (tertiary/aromatic N) is 5. The Balaban J connectivity index is 1.43. The maximum Gasteiger partial charge on any atom is 0.303 e. The van der Waals surface area contributed by atoms with Gasteiger partial charge in [-0.2, -0.15) is 0 Å². The van der Waals surface area contributed by atoms with Gasteiger partial charge in [-0.1, -0.05) is 35.9 Å². The highest BCUT2D eigenvalue weighted by Crippen LogP contribution is 2.43. The van der Waals surface area contributed by atoms with Gasteiger partial charge in [0.1, 0.15) is 11.3 Å². The largest absolute Gasteiger partial charge is 0.481 e. The summed E-state index contributed by atoms with van der Waals surface area (Å²) in [5.74, 6) is 1.03. The number of fused-ring (bicyclic) bond motifs is 1. The molecular weight excluding hydrogens is 466 g/mol.